The van der Waals surface area contributed by atoms with Crippen LogP contribution in [-0.4, -0.2) is 50.7 Å². The number of ketones is 1. The van der Waals surface area contributed by atoms with Crippen LogP contribution in [0.4, 0.5) is 0 Å². The second-order valence-corrected chi connectivity index (χ2v) is 8.45. The molecule has 0 aliphatic heterocycles. The second-order valence-electron chi connectivity index (χ2n) is 6.80. The minimum absolute atomic E-state index is 0.215. The number of rotatable bonds is 9. The van der Waals surface area contributed by atoms with Gasteiger partial charge in [-0.1, -0.05) is 18.2 Å². The molecule has 0 amide bonds. The van der Waals surface area contributed by atoms with E-state index < -0.39 is 46.0 Å². The zero-order chi connectivity index (χ0) is 20.7. The zero-order valence-corrected chi connectivity index (χ0v) is 16.6. The molecule has 0 heterocycles. The first kappa shape index (κ1) is 22.8. The number of ether oxygens (including phenoxy) is 2. The molecule has 0 radical (unpaired) electrons. The summed E-state index contributed by atoms with van der Waals surface area (Å²) in [7, 11) is -3.72. The quantitative estimate of drug-likeness (QED) is 0.351. The average molecular weight is 400 g/mol. The molecule has 8 nitrogen and oxygen atoms in total. The van der Waals surface area contributed by atoms with E-state index in [1.165, 1.54) is 12.1 Å². The Balaban J connectivity index is 2.81. The van der Waals surface area contributed by atoms with Crippen LogP contribution in [0, 0.1) is 0 Å². The van der Waals surface area contributed by atoms with Crippen LogP contribution in [0.1, 0.15) is 44.0 Å². The fourth-order valence-corrected chi connectivity index (χ4v) is 2.40. The van der Waals surface area contributed by atoms with Crippen molar-refractivity contribution in [2.45, 2.75) is 45.3 Å². The molecule has 0 saturated heterocycles. The molecule has 0 bridgehead atoms. The highest BCUT2D eigenvalue weighted by Crippen LogP contribution is 2.13. The Hall–Kier alpha value is -2.26. The van der Waals surface area contributed by atoms with Crippen LogP contribution in [0.2, 0.25) is 0 Å². The number of hydrogen-bond acceptors (Lipinski definition) is 8. The number of benzene rings is 1. The molecule has 0 N–H and O–H groups in total. The molecule has 1 atom stereocenters. The maximum atomic E-state index is 12.4. The van der Waals surface area contributed by atoms with Gasteiger partial charge in [0.15, 0.2) is 11.9 Å². The predicted molar refractivity (Wildman–Crippen MR) is 96.5 cm³/mol. The lowest BCUT2D eigenvalue weighted by Crippen LogP contribution is -2.33. The minimum atomic E-state index is -3.72. The van der Waals surface area contributed by atoms with Gasteiger partial charge in [0, 0.05) is 6.42 Å². The van der Waals surface area contributed by atoms with E-state index in [-0.39, 0.29) is 18.6 Å². The highest BCUT2D eigenvalue weighted by atomic mass is 32.2. The van der Waals surface area contributed by atoms with Gasteiger partial charge in [-0.25, -0.2) is 4.79 Å². The largest absolute Gasteiger partial charge is 0.460 e. The average Bonchev–Trinajstić information content (AvgIpc) is 2.51. The van der Waals surface area contributed by atoms with Crippen molar-refractivity contribution in [3.63, 3.8) is 0 Å². The van der Waals surface area contributed by atoms with Crippen molar-refractivity contribution in [1.82, 2.24) is 0 Å². The van der Waals surface area contributed by atoms with Gasteiger partial charge in [0.2, 0.25) is 0 Å². The fourth-order valence-electron chi connectivity index (χ4n) is 2.00. The van der Waals surface area contributed by atoms with E-state index in [2.05, 4.69) is 4.18 Å². The van der Waals surface area contributed by atoms with Gasteiger partial charge in [0.1, 0.15) is 12.0 Å². The summed E-state index contributed by atoms with van der Waals surface area (Å²) in [6.45, 7) is 4.60. The Labute approximate surface area is 158 Å². The molecule has 1 aromatic rings. The molecule has 150 valence electrons. The van der Waals surface area contributed by atoms with Gasteiger partial charge < -0.3 is 9.47 Å². The number of esters is 2. The summed E-state index contributed by atoms with van der Waals surface area (Å²) in [4.78, 5) is 36.4. The van der Waals surface area contributed by atoms with Gasteiger partial charge in [0.25, 0.3) is 10.1 Å². The summed E-state index contributed by atoms with van der Waals surface area (Å²) in [5.41, 5.74) is -0.552. The van der Waals surface area contributed by atoms with Gasteiger partial charge in [0.05, 0.1) is 18.4 Å². The molecule has 0 aliphatic carbocycles. The summed E-state index contributed by atoms with van der Waals surface area (Å²) in [5.74, 6) is -2.24. The fraction of sp³-hybridized carbons (Fsp3) is 0.500. The molecule has 0 fully saturated rings. The van der Waals surface area contributed by atoms with E-state index in [0.717, 1.165) is 6.26 Å². The zero-order valence-electron chi connectivity index (χ0n) is 15.8. The Morgan fingerprint density at radius 3 is 2.19 bits per heavy atom. The molecule has 0 aromatic heterocycles. The van der Waals surface area contributed by atoms with Crippen molar-refractivity contribution in [3.05, 3.63) is 35.9 Å². The summed E-state index contributed by atoms with van der Waals surface area (Å²) >= 11 is 0. The molecule has 0 spiro atoms. The molecular weight excluding hydrogens is 376 g/mol. The van der Waals surface area contributed by atoms with Crippen molar-refractivity contribution in [1.29, 1.82) is 0 Å². The Morgan fingerprint density at radius 2 is 1.67 bits per heavy atom. The van der Waals surface area contributed by atoms with Gasteiger partial charge in [-0.2, -0.15) is 8.42 Å². The molecule has 1 aromatic carbocycles. The molecule has 0 saturated carbocycles. The van der Waals surface area contributed by atoms with Crippen molar-refractivity contribution in [2.24, 2.45) is 0 Å². The standard InChI is InChI=1S/C18H24O8S/c1-18(2,3)26-16(20)12-14(19)15(10-11-24-27(4,22)23)25-17(21)13-8-6-5-7-9-13/h5-9,15H,10-12H2,1-4H3. The maximum Gasteiger partial charge on any atom is 0.338 e. The van der Waals surface area contributed by atoms with Crippen LogP contribution in [0.15, 0.2) is 30.3 Å². The van der Waals surface area contributed by atoms with Crippen LogP contribution < -0.4 is 0 Å². The number of hydrogen-bond donors (Lipinski definition) is 0. The summed E-state index contributed by atoms with van der Waals surface area (Å²) in [6.07, 6.45) is -1.30. The first-order valence-corrected chi connectivity index (χ1v) is 10.0. The smallest absolute Gasteiger partial charge is 0.338 e. The van der Waals surface area contributed by atoms with Crippen molar-refractivity contribution < 1.29 is 36.5 Å². The van der Waals surface area contributed by atoms with E-state index in [1.807, 2.05) is 0 Å². The Morgan fingerprint density at radius 1 is 1.07 bits per heavy atom. The first-order valence-electron chi connectivity index (χ1n) is 8.22. The van der Waals surface area contributed by atoms with E-state index in [4.69, 9.17) is 9.47 Å². The van der Waals surface area contributed by atoms with Crippen LogP contribution in [0.25, 0.3) is 0 Å². The van der Waals surface area contributed by atoms with Gasteiger partial charge in [-0.05, 0) is 32.9 Å². The molecular formula is C18H24O8S. The highest BCUT2D eigenvalue weighted by Gasteiger charge is 2.28. The lowest BCUT2D eigenvalue weighted by molar-refractivity contribution is -0.157. The van der Waals surface area contributed by atoms with E-state index in [9.17, 15) is 22.8 Å². The molecule has 27 heavy (non-hydrogen) atoms. The lowest BCUT2D eigenvalue weighted by atomic mass is 10.1. The van der Waals surface area contributed by atoms with E-state index in [1.54, 1.807) is 39.0 Å². The molecule has 9 heteroatoms. The van der Waals surface area contributed by atoms with Gasteiger partial charge >= 0.3 is 11.9 Å². The number of carbonyl (C=O) groups excluding carboxylic acids is 3. The van der Waals surface area contributed by atoms with E-state index in [0.29, 0.717) is 0 Å². The third-order valence-electron chi connectivity index (χ3n) is 3.03. The normalized spacial score (nSPS) is 12.9. The van der Waals surface area contributed by atoms with E-state index >= 15 is 0 Å². The minimum Gasteiger partial charge on any atom is -0.460 e. The van der Waals surface area contributed by atoms with Crippen LogP contribution in [0.3, 0.4) is 0 Å². The Kier molecular flexibility index (Phi) is 8.11. The van der Waals surface area contributed by atoms with Crippen LogP contribution in [0.5, 0.6) is 0 Å². The SMILES string of the molecule is CC(C)(C)OC(=O)CC(=O)C(CCOS(C)(=O)=O)OC(=O)c1ccccc1. The second kappa shape index (κ2) is 9.61. The topological polar surface area (TPSA) is 113 Å². The van der Waals surface area contributed by atoms with Crippen LogP contribution in [-0.2, 0) is 33.4 Å². The highest BCUT2D eigenvalue weighted by molar-refractivity contribution is 7.85. The predicted octanol–water partition coefficient (Wildman–Crippen LogP) is 1.88. The summed E-state index contributed by atoms with van der Waals surface area (Å²) in [5, 5.41) is 0. The number of Topliss-reactive ketones (excluding diaryl/α,β-unsaturated/α-hetero) is 1. The van der Waals surface area contributed by atoms with Crippen molar-refractivity contribution in [3.8, 4) is 0 Å². The van der Waals surface area contributed by atoms with Crippen molar-refractivity contribution >= 4 is 27.8 Å². The third-order valence-corrected chi connectivity index (χ3v) is 3.63. The Bertz CT molecular complexity index is 762. The summed E-state index contributed by atoms with van der Waals surface area (Å²) < 4.78 is 37.0. The van der Waals surface area contributed by atoms with Gasteiger partial charge in [-0.15, -0.1) is 0 Å². The number of carbonyl (C=O) groups is 3. The maximum absolute atomic E-state index is 12.4. The molecule has 1 unspecified atom stereocenters. The summed E-state index contributed by atoms with van der Waals surface area (Å²) in [6, 6.07) is 7.97. The molecule has 1 rings (SSSR count). The van der Waals surface area contributed by atoms with Crippen molar-refractivity contribution in [2.75, 3.05) is 12.9 Å². The first-order chi connectivity index (χ1) is 12.4. The third kappa shape index (κ3) is 9.86. The monoisotopic (exact) mass is 400 g/mol. The molecule has 0 aliphatic rings. The lowest BCUT2D eigenvalue weighted by Gasteiger charge is -2.21. The van der Waals surface area contributed by atoms with Crippen LogP contribution >= 0.6 is 0 Å². The van der Waals surface area contributed by atoms with Gasteiger partial charge in [-0.3, -0.25) is 13.8 Å².